The van der Waals surface area contributed by atoms with E-state index in [1.54, 1.807) is 26.2 Å². The molecule has 0 saturated heterocycles. The molecule has 2 aromatic carbocycles. The number of amides is 1. The molecule has 0 fully saturated rings. The summed E-state index contributed by atoms with van der Waals surface area (Å²) in [5.74, 6) is -0.230. The molecule has 26 heavy (non-hydrogen) atoms. The van der Waals surface area contributed by atoms with E-state index in [0.717, 1.165) is 12.2 Å². The summed E-state index contributed by atoms with van der Waals surface area (Å²) in [6, 6.07) is 16.0. The second-order valence-electron chi connectivity index (χ2n) is 6.24. The molecule has 0 bridgehead atoms. The molecule has 1 N–H and O–H groups in total. The maximum atomic E-state index is 12.4. The predicted molar refractivity (Wildman–Crippen MR) is 104 cm³/mol. The van der Waals surface area contributed by atoms with E-state index in [4.69, 9.17) is 0 Å². The van der Waals surface area contributed by atoms with Crippen molar-refractivity contribution in [3.05, 3.63) is 60.2 Å². The molecule has 0 spiro atoms. The molecule has 2 rings (SSSR count). The van der Waals surface area contributed by atoms with Crippen molar-refractivity contribution < 1.29 is 13.2 Å². The lowest BCUT2D eigenvalue weighted by atomic mass is 10.2. The first kappa shape index (κ1) is 19.9. The fourth-order valence-corrected chi connectivity index (χ4v) is 3.59. The van der Waals surface area contributed by atoms with Gasteiger partial charge in [-0.25, -0.2) is 13.1 Å². The van der Waals surface area contributed by atoms with Crippen LogP contribution in [0.4, 0.5) is 5.69 Å². The zero-order valence-electron chi connectivity index (χ0n) is 15.3. The van der Waals surface area contributed by atoms with Gasteiger partial charge in [0.2, 0.25) is 10.0 Å². The molecule has 7 heteroatoms. The molecule has 0 aliphatic carbocycles. The van der Waals surface area contributed by atoms with E-state index in [9.17, 15) is 13.2 Å². The molecular weight excluding hydrogens is 350 g/mol. The molecule has 2 aromatic rings. The highest BCUT2D eigenvalue weighted by Gasteiger charge is 2.16. The number of nitrogens with zero attached hydrogens (tertiary/aromatic N) is 2. The van der Waals surface area contributed by atoms with Crippen molar-refractivity contribution >= 4 is 21.6 Å². The second kappa shape index (κ2) is 8.82. The van der Waals surface area contributed by atoms with Crippen LogP contribution in [-0.4, -0.2) is 53.5 Å². The third-order valence-electron chi connectivity index (χ3n) is 3.96. The number of nitrogens with one attached hydrogen (secondary N) is 1. The molecule has 0 aliphatic heterocycles. The van der Waals surface area contributed by atoms with Gasteiger partial charge in [-0.1, -0.05) is 24.3 Å². The van der Waals surface area contributed by atoms with Crippen LogP contribution in [-0.2, 0) is 10.0 Å². The van der Waals surface area contributed by atoms with Crippen LogP contribution in [0.5, 0.6) is 0 Å². The van der Waals surface area contributed by atoms with E-state index in [1.807, 2.05) is 37.4 Å². The summed E-state index contributed by atoms with van der Waals surface area (Å²) in [6.45, 7) is 1.05. The number of sulfonamides is 1. The molecule has 0 aromatic heterocycles. The summed E-state index contributed by atoms with van der Waals surface area (Å²) < 4.78 is 27.5. The van der Waals surface area contributed by atoms with Crippen LogP contribution in [0.3, 0.4) is 0 Å². The molecule has 0 radical (unpaired) electrons. The van der Waals surface area contributed by atoms with Gasteiger partial charge in [0.1, 0.15) is 0 Å². The fraction of sp³-hybridized carbons (Fsp3) is 0.316. The van der Waals surface area contributed by atoms with Gasteiger partial charge in [-0.05, 0) is 36.8 Å². The van der Waals surface area contributed by atoms with E-state index < -0.39 is 10.0 Å². The van der Waals surface area contributed by atoms with Gasteiger partial charge >= 0.3 is 0 Å². The summed E-state index contributed by atoms with van der Waals surface area (Å²) in [7, 11) is 1.59. The fourth-order valence-electron chi connectivity index (χ4n) is 2.47. The Hall–Kier alpha value is -2.38. The van der Waals surface area contributed by atoms with Crippen LogP contribution in [0.2, 0.25) is 0 Å². The van der Waals surface area contributed by atoms with E-state index in [-0.39, 0.29) is 10.8 Å². The van der Waals surface area contributed by atoms with Crippen molar-refractivity contribution in [3.63, 3.8) is 0 Å². The van der Waals surface area contributed by atoms with Crippen molar-refractivity contribution in [1.82, 2.24) is 9.62 Å². The van der Waals surface area contributed by atoms with E-state index in [2.05, 4.69) is 9.62 Å². The minimum atomic E-state index is -3.64. The molecule has 140 valence electrons. The van der Waals surface area contributed by atoms with Crippen molar-refractivity contribution in [2.24, 2.45) is 0 Å². The zero-order chi connectivity index (χ0) is 19.2. The molecular formula is C19H25N3O3S. The Morgan fingerprint density at radius 1 is 1.00 bits per heavy atom. The molecule has 0 atom stereocenters. The number of anilines is 1. The highest BCUT2D eigenvalue weighted by atomic mass is 32.2. The minimum Gasteiger partial charge on any atom is -0.375 e. The Bertz CT molecular complexity index is 836. The van der Waals surface area contributed by atoms with Gasteiger partial charge in [0.15, 0.2) is 0 Å². The van der Waals surface area contributed by atoms with E-state index in [1.165, 1.54) is 17.0 Å². The summed E-state index contributed by atoms with van der Waals surface area (Å²) >= 11 is 0. The number of hydrogen-bond donors (Lipinski definition) is 1. The molecule has 6 nitrogen and oxygen atoms in total. The third kappa shape index (κ3) is 5.31. The molecule has 1 amide bonds. The number of hydrogen-bond acceptors (Lipinski definition) is 4. The molecule has 0 aliphatic rings. The first-order valence-corrected chi connectivity index (χ1v) is 9.87. The van der Waals surface area contributed by atoms with Crippen LogP contribution in [0, 0.1) is 0 Å². The molecule has 0 heterocycles. The Morgan fingerprint density at radius 3 is 2.35 bits per heavy atom. The Labute approximate surface area is 155 Å². The van der Waals surface area contributed by atoms with Gasteiger partial charge < -0.3 is 9.80 Å². The lowest BCUT2D eigenvalue weighted by Gasteiger charge is -2.19. The second-order valence-corrected chi connectivity index (χ2v) is 8.00. The SMILES string of the molecule is CN(C)C(=O)c1cccc(S(=O)(=O)NCCCN(C)c2ccccc2)c1. The van der Waals surface area contributed by atoms with Gasteiger partial charge in [-0.2, -0.15) is 0 Å². The monoisotopic (exact) mass is 375 g/mol. The van der Waals surface area contributed by atoms with Gasteiger partial charge in [0, 0.05) is 45.5 Å². The summed E-state index contributed by atoms with van der Waals surface area (Å²) in [6.07, 6.45) is 0.668. The van der Waals surface area contributed by atoms with Crippen LogP contribution < -0.4 is 9.62 Å². The Morgan fingerprint density at radius 2 is 1.69 bits per heavy atom. The third-order valence-corrected chi connectivity index (χ3v) is 5.42. The maximum Gasteiger partial charge on any atom is 0.253 e. The number of rotatable bonds is 8. The summed E-state index contributed by atoms with van der Waals surface area (Å²) in [5.41, 5.74) is 1.44. The topological polar surface area (TPSA) is 69.7 Å². The van der Waals surface area contributed by atoms with Crippen molar-refractivity contribution in [3.8, 4) is 0 Å². The van der Waals surface area contributed by atoms with E-state index in [0.29, 0.717) is 18.5 Å². The number of carbonyl (C=O) groups is 1. The average Bonchev–Trinajstić information content (AvgIpc) is 2.65. The van der Waals surface area contributed by atoms with Gasteiger partial charge in [-0.15, -0.1) is 0 Å². The standard InChI is InChI=1S/C19H25N3O3S/c1-21(2)19(23)16-9-7-12-18(15-16)26(24,25)20-13-8-14-22(3)17-10-5-4-6-11-17/h4-7,9-12,15,20H,8,13-14H2,1-3H3. The average molecular weight is 375 g/mol. The van der Waals surface area contributed by atoms with Gasteiger partial charge in [0.05, 0.1) is 4.90 Å². The maximum absolute atomic E-state index is 12.4. The first-order chi connectivity index (χ1) is 12.3. The van der Waals surface area contributed by atoms with Crippen LogP contribution in [0.25, 0.3) is 0 Å². The minimum absolute atomic E-state index is 0.0987. The van der Waals surface area contributed by atoms with E-state index >= 15 is 0 Å². The lowest BCUT2D eigenvalue weighted by molar-refractivity contribution is 0.0827. The molecule has 0 unspecified atom stereocenters. The van der Waals surface area contributed by atoms with Crippen molar-refractivity contribution in [2.75, 3.05) is 39.1 Å². The van der Waals surface area contributed by atoms with Gasteiger partial charge in [0.25, 0.3) is 5.91 Å². The molecule has 0 saturated carbocycles. The van der Waals surface area contributed by atoms with Gasteiger partial charge in [-0.3, -0.25) is 4.79 Å². The lowest BCUT2D eigenvalue weighted by Crippen LogP contribution is -2.28. The summed E-state index contributed by atoms with van der Waals surface area (Å²) in [5, 5.41) is 0. The normalized spacial score (nSPS) is 11.2. The quantitative estimate of drug-likeness (QED) is 0.718. The Kier molecular flexibility index (Phi) is 6.76. The predicted octanol–water partition coefficient (Wildman–Crippen LogP) is 2.19. The number of para-hydroxylation sites is 1. The summed E-state index contributed by atoms with van der Waals surface area (Å²) in [4.78, 5) is 15.6. The number of carbonyl (C=O) groups excluding carboxylic acids is 1. The first-order valence-electron chi connectivity index (χ1n) is 8.39. The van der Waals surface area contributed by atoms with Crippen LogP contribution >= 0.6 is 0 Å². The largest absolute Gasteiger partial charge is 0.375 e. The zero-order valence-corrected chi connectivity index (χ0v) is 16.2. The van der Waals surface area contributed by atoms with Crippen LogP contribution in [0.1, 0.15) is 16.8 Å². The Balaban J connectivity index is 1.93. The smallest absolute Gasteiger partial charge is 0.253 e. The van der Waals surface area contributed by atoms with Crippen molar-refractivity contribution in [1.29, 1.82) is 0 Å². The highest BCUT2D eigenvalue weighted by molar-refractivity contribution is 7.89. The number of benzene rings is 2. The van der Waals surface area contributed by atoms with Crippen molar-refractivity contribution in [2.45, 2.75) is 11.3 Å². The van der Waals surface area contributed by atoms with Crippen LogP contribution in [0.15, 0.2) is 59.5 Å². The highest BCUT2D eigenvalue weighted by Crippen LogP contribution is 2.13.